The van der Waals surface area contributed by atoms with Crippen LogP contribution < -0.4 is 14.8 Å². The van der Waals surface area contributed by atoms with Crippen LogP contribution in [0.3, 0.4) is 0 Å². The molecule has 21 heavy (non-hydrogen) atoms. The Labute approximate surface area is 121 Å². The number of aromatic nitrogens is 1. The van der Waals surface area contributed by atoms with E-state index in [0.29, 0.717) is 14.8 Å². The Morgan fingerprint density at radius 3 is 2.43 bits per heavy atom. The first-order valence-electron chi connectivity index (χ1n) is 5.77. The Hall–Kier alpha value is -2.33. The average molecular weight is 310 g/mol. The summed E-state index contributed by atoms with van der Waals surface area (Å²) >= 11 is 1.11. The number of rotatable bonds is 1. The average Bonchev–Trinajstić information content (AvgIpc) is 2.67. The Bertz CT molecular complexity index is 867. The molecule has 0 spiro atoms. The highest BCUT2D eigenvalue weighted by atomic mass is 32.1. The lowest BCUT2D eigenvalue weighted by atomic mass is 10.1. The van der Waals surface area contributed by atoms with E-state index in [1.165, 1.54) is 35.9 Å². The predicted octanol–water partition coefficient (Wildman–Crippen LogP) is 1.60. The molecule has 7 heteroatoms. The quantitative estimate of drug-likeness (QED) is 0.803. The van der Waals surface area contributed by atoms with Crippen molar-refractivity contribution in [3.63, 3.8) is 0 Å². The highest BCUT2D eigenvalue weighted by Gasteiger charge is 2.29. The van der Waals surface area contributed by atoms with Crippen molar-refractivity contribution in [3.8, 4) is 6.07 Å². The smallest absolute Gasteiger partial charge is 0.301 e. The summed E-state index contributed by atoms with van der Waals surface area (Å²) in [4.78, 5) is 11.9. The van der Waals surface area contributed by atoms with Gasteiger partial charge in [-0.15, -0.1) is 11.3 Å². The van der Waals surface area contributed by atoms with Crippen molar-refractivity contribution < 1.29 is 13.2 Å². The van der Waals surface area contributed by atoms with Gasteiger partial charge in [-0.05, 0) is 23.8 Å². The van der Waals surface area contributed by atoms with Crippen LogP contribution in [0.25, 0.3) is 12.2 Å². The molecule has 0 saturated carbocycles. The molecule has 0 bridgehead atoms. The van der Waals surface area contributed by atoms with Gasteiger partial charge in [0, 0.05) is 13.1 Å². The Balaban J connectivity index is 2.51. The van der Waals surface area contributed by atoms with Crippen LogP contribution in [0.5, 0.6) is 0 Å². The van der Waals surface area contributed by atoms with Crippen molar-refractivity contribution in [2.24, 2.45) is 7.05 Å². The number of nitrogens with zero attached hydrogens (tertiary/aromatic N) is 2. The molecule has 108 valence electrons. The van der Waals surface area contributed by atoms with Crippen LogP contribution in [0, 0.1) is 11.3 Å². The first-order chi connectivity index (χ1) is 9.82. The van der Waals surface area contributed by atoms with Crippen LogP contribution in [0.4, 0.5) is 13.2 Å². The van der Waals surface area contributed by atoms with E-state index in [4.69, 9.17) is 5.26 Å². The van der Waals surface area contributed by atoms with Gasteiger partial charge in [-0.25, -0.2) is 0 Å². The van der Waals surface area contributed by atoms with Crippen molar-refractivity contribution in [1.82, 2.24) is 4.57 Å². The van der Waals surface area contributed by atoms with Gasteiger partial charge in [-0.2, -0.15) is 18.4 Å². The third-order valence-corrected chi connectivity index (χ3v) is 3.90. The van der Waals surface area contributed by atoms with Gasteiger partial charge in [-0.1, -0.05) is 12.1 Å². The number of hydrogen-bond acceptors (Lipinski definition) is 3. The molecule has 1 aromatic heterocycles. The molecule has 0 aliphatic carbocycles. The summed E-state index contributed by atoms with van der Waals surface area (Å²) in [5.41, 5.74) is -0.538. The van der Waals surface area contributed by atoms with Gasteiger partial charge in [0.05, 0.1) is 16.2 Å². The molecule has 0 fully saturated rings. The molecule has 0 unspecified atom stereocenters. The molecule has 0 N–H and O–H groups in total. The van der Waals surface area contributed by atoms with E-state index >= 15 is 0 Å². The van der Waals surface area contributed by atoms with Gasteiger partial charge in [-0.3, -0.25) is 4.79 Å². The Kier molecular flexibility index (Phi) is 4.00. The molecule has 0 aliphatic rings. The first kappa shape index (κ1) is 15.1. The molecule has 0 atom stereocenters. The van der Waals surface area contributed by atoms with Crippen LogP contribution >= 0.6 is 11.3 Å². The number of halogens is 3. The van der Waals surface area contributed by atoms with Gasteiger partial charge < -0.3 is 4.57 Å². The largest absolute Gasteiger partial charge is 0.416 e. The second-order valence-electron chi connectivity index (χ2n) is 4.21. The first-order valence-corrected chi connectivity index (χ1v) is 6.59. The zero-order valence-corrected chi connectivity index (χ0v) is 11.6. The standard InChI is InChI=1S/C14H9F3N2OS/c1-19-12(6-7-18)21-11(13(19)20)8-9-2-4-10(5-3-9)14(15,16)17/h2-6,8H,1H3/b11-8+,12-6-. The molecule has 0 aliphatic heterocycles. The molecular weight excluding hydrogens is 301 g/mol. The second-order valence-corrected chi connectivity index (χ2v) is 5.27. The van der Waals surface area contributed by atoms with Crippen LogP contribution in [-0.2, 0) is 13.2 Å². The second kappa shape index (κ2) is 5.58. The van der Waals surface area contributed by atoms with Crippen molar-refractivity contribution in [1.29, 1.82) is 5.26 Å². The van der Waals surface area contributed by atoms with Crippen molar-refractivity contribution in [2.75, 3.05) is 0 Å². The highest BCUT2D eigenvalue weighted by molar-refractivity contribution is 7.07. The summed E-state index contributed by atoms with van der Waals surface area (Å²) in [6.07, 6.45) is -1.63. The lowest BCUT2D eigenvalue weighted by Gasteiger charge is -2.05. The van der Waals surface area contributed by atoms with E-state index in [1.807, 2.05) is 6.07 Å². The van der Waals surface area contributed by atoms with E-state index < -0.39 is 11.7 Å². The topological polar surface area (TPSA) is 45.8 Å². The van der Waals surface area contributed by atoms with E-state index in [1.54, 1.807) is 0 Å². The normalized spacial score (nSPS) is 13.5. The van der Waals surface area contributed by atoms with Crippen LogP contribution in [-0.4, -0.2) is 4.57 Å². The molecule has 1 heterocycles. The van der Waals surface area contributed by atoms with Crippen LogP contribution in [0.1, 0.15) is 11.1 Å². The fourth-order valence-corrected chi connectivity index (χ4v) is 2.66. The van der Waals surface area contributed by atoms with E-state index in [0.717, 1.165) is 23.5 Å². The fourth-order valence-electron chi connectivity index (χ4n) is 1.68. The minimum atomic E-state index is -4.38. The highest BCUT2D eigenvalue weighted by Crippen LogP contribution is 2.29. The number of thiazole rings is 1. The molecular formula is C14H9F3N2OS. The zero-order valence-electron chi connectivity index (χ0n) is 10.8. The minimum absolute atomic E-state index is 0.290. The van der Waals surface area contributed by atoms with Gasteiger partial charge in [0.1, 0.15) is 4.66 Å². The summed E-state index contributed by atoms with van der Waals surface area (Å²) in [6.45, 7) is 0. The van der Waals surface area contributed by atoms with E-state index in [9.17, 15) is 18.0 Å². The predicted molar refractivity (Wildman–Crippen MR) is 73.9 cm³/mol. The van der Waals surface area contributed by atoms with Crippen molar-refractivity contribution >= 4 is 23.5 Å². The van der Waals surface area contributed by atoms with E-state index in [2.05, 4.69) is 0 Å². The molecule has 3 nitrogen and oxygen atoms in total. The summed E-state index contributed by atoms with van der Waals surface area (Å²) < 4.78 is 39.5. The maximum absolute atomic E-state index is 12.5. The molecule has 0 amide bonds. The minimum Gasteiger partial charge on any atom is -0.301 e. The summed E-state index contributed by atoms with van der Waals surface area (Å²) in [6, 6.07) is 6.37. The number of benzene rings is 1. The van der Waals surface area contributed by atoms with Gasteiger partial charge in [0.15, 0.2) is 0 Å². The summed E-state index contributed by atoms with van der Waals surface area (Å²) in [5, 5.41) is 8.61. The zero-order chi connectivity index (χ0) is 15.6. The number of hydrogen-bond donors (Lipinski definition) is 0. The van der Waals surface area contributed by atoms with Crippen molar-refractivity contribution in [2.45, 2.75) is 6.18 Å². The molecule has 1 aromatic carbocycles. The van der Waals surface area contributed by atoms with Crippen LogP contribution in [0.15, 0.2) is 29.1 Å². The lowest BCUT2D eigenvalue weighted by molar-refractivity contribution is -0.137. The SMILES string of the molecule is Cn1c(=O)/c(=C\c2ccc(C(F)(F)F)cc2)s/c1=C\C#N. The summed E-state index contributed by atoms with van der Waals surface area (Å²) in [5.74, 6) is 0. The van der Waals surface area contributed by atoms with Crippen LogP contribution in [0.2, 0.25) is 0 Å². The summed E-state index contributed by atoms with van der Waals surface area (Å²) in [7, 11) is 1.53. The third-order valence-electron chi connectivity index (χ3n) is 2.78. The maximum Gasteiger partial charge on any atom is 0.416 e. The van der Waals surface area contributed by atoms with Gasteiger partial charge in [0.2, 0.25) is 0 Å². The maximum atomic E-state index is 12.5. The number of alkyl halides is 3. The fraction of sp³-hybridized carbons (Fsp3) is 0.143. The third kappa shape index (κ3) is 3.23. The number of nitriles is 1. The Morgan fingerprint density at radius 2 is 1.90 bits per heavy atom. The van der Waals surface area contributed by atoms with E-state index in [-0.39, 0.29) is 5.56 Å². The van der Waals surface area contributed by atoms with Gasteiger partial charge in [0.25, 0.3) is 5.56 Å². The molecule has 2 rings (SSSR count). The monoisotopic (exact) mass is 310 g/mol. The molecule has 0 radical (unpaired) electrons. The van der Waals surface area contributed by atoms with Crippen molar-refractivity contribution in [3.05, 3.63) is 54.9 Å². The Morgan fingerprint density at radius 1 is 1.29 bits per heavy atom. The molecule has 0 saturated heterocycles. The lowest BCUT2D eigenvalue weighted by Crippen LogP contribution is -2.28. The van der Waals surface area contributed by atoms with Gasteiger partial charge >= 0.3 is 6.18 Å². The molecule has 2 aromatic rings.